The molecule has 0 unspecified atom stereocenters. The Morgan fingerprint density at radius 1 is 1.03 bits per heavy atom. The van der Waals surface area contributed by atoms with Crippen LogP contribution in [0.3, 0.4) is 0 Å². The molecule has 6 nitrogen and oxygen atoms in total. The molecular formula is C24H13F2N3O3. The molecule has 156 valence electrons. The number of nitrogens with zero attached hydrogens (tertiary/aromatic N) is 3. The van der Waals surface area contributed by atoms with E-state index in [9.17, 15) is 19.1 Å². The highest BCUT2D eigenvalue weighted by Crippen LogP contribution is 2.22. The predicted molar refractivity (Wildman–Crippen MR) is 114 cm³/mol. The van der Waals surface area contributed by atoms with Crippen LogP contribution >= 0.6 is 0 Å². The van der Waals surface area contributed by atoms with Crippen LogP contribution in [-0.2, 0) is 0 Å². The molecule has 1 N–H and O–H groups in total. The van der Waals surface area contributed by atoms with Gasteiger partial charge in [0.15, 0.2) is 5.82 Å². The molecule has 1 heterocycles. The fourth-order valence-electron chi connectivity index (χ4n) is 3.24. The summed E-state index contributed by atoms with van der Waals surface area (Å²) in [6.45, 7) is 0. The fourth-order valence-corrected chi connectivity index (χ4v) is 3.24. The van der Waals surface area contributed by atoms with E-state index in [-0.39, 0.29) is 11.2 Å². The molecule has 0 spiro atoms. The summed E-state index contributed by atoms with van der Waals surface area (Å²) in [5, 5.41) is 18.3. The monoisotopic (exact) mass is 429 g/mol. The third kappa shape index (κ3) is 3.63. The lowest BCUT2D eigenvalue weighted by molar-refractivity contribution is 0.0686. The van der Waals surface area contributed by atoms with Crippen molar-refractivity contribution >= 4 is 29.0 Å². The molecule has 0 radical (unpaired) electrons. The van der Waals surface area contributed by atoms with Gasteiger partial charge < -0.3 is 5.11 Å². The maximum Gasteiger partial charge on any atom is 0.341 e. The summed E-state index contributed by atoms with van der Waals surface area (Å²) in [4.78, 5) is 29.0. The van der Waals surface area contributed by atoms with E-state index in [1.165, 1.54) is 12.1 Å². The number of carboxylic acids is 1. The van der Waals surface area contributed by atoms with Crippen molar-refractivity contribution in [2.45, 2.75) is 0 Å². The van der Waals surface area contributed by atoms with Crippen LogP contribution in [0.25, 0.3) is 28.7 Å². The molecule has 4 rings (SSSR count). The number of para-hydroxylation sites is 1. The first-order chi connectivity index (χ1) is 15.4. The average Bonchev–Trinajstić information content (AvgIpc) is 2.79. The molecule has 8 heteroatoms. The highest BCUT2D eigenvalue weighted by Gasteiger charge is 2.23. The predicted octanol–water partition coefficient (Wildman–Crippen LogP) is 4.40. The number of halogens is 2. The van der Waals surface area contributed by atoms with E-state index in [0.717, 1.165) is 16.7 Å². The quantitative estimate of drug-likeness (QED) is 0.519. The molecule has 0 saturated carbocycles. The van der Waals surface area contributed by atoms with Crippen molar-refractivity contribution in [3.8, 4) is 11.8 Å². The van der Waals surface area contributed by atoms with Gasteiger partial charge in [-0.3, -0.25) is 9.36 Å². The lowest BCUT2D eigenvalue weighted by Gasteiger charge is -2.13. The minimum absolute atomic E-state index is 0.0138. The molecule has 3 aromatic carbocycles. The van der Waals surface area contributed by atoms with E-state index in [2.05, 4.69) is 4.98 Å². The minimum atomic E-state index is -1.79. The average molecular weight is 429 g/mol. The van der Waals surface area contributed by atoms with Crippen molar-refractivity contribution in [1.29, 1.82) is 5.26 Å². The molecule has 0 atom stereocenters. The Balaban J connectivity index is 1.98. The molecule has 0 amide bonds. The van der Waals surface area contributed by atoms with Crippen LogP contribution in [0.5, 0.6) is 0 Å². The Kier molecular flexibility index (Phi) is 5.31. The topological polar surface area (TPSA) is 96.0 Å². The number of rotatable bonds is 4. The van der Waals surface area contributed by atoms with Crippen LogP contribution in [-0.4, -0.2) is 20.6 Å². The van der Waals surface area contributed by atoms with E-state index in [4.69, 9.17) is 5.26 Å². The fraction of sp³-hybridized carbons (Fsp3) is 0. The molecule has 1 aromatic heterocycles. The van der Waals surface area contributed by atoms with E-state index < -0.39 is 34.4 Å². The van der Waals surface area contributed by atoms with Crippen LogP contribution < -0.4 is 5.56 Å². The molecule has 0 aliphatic rings. The SMILES string of the molecule is N#Cc1ccc(/C=C/c2nc3ccccc3c(=O)n2-c2ccc(F)c(C(=O)O)c2F)cc1. The van der Waals surface area contributed by atoms with Crippen molar-refractivity contribution in [2.24, 2.45) is 0 Å². The van der Waals surface area contributed by atoms with Gasteiger partial charge in [0.25, 0.3) is 5.56 Å². The number of aromatic nitrogens is 2. The summed E-state index contributed by atoms with van der Waals surface area (Å²) in [6.07, 6.45) is 3.06. The molecule has 4 aromatic rings. The van der Waals surface area contributed by atoms with Gasteiger partial charge in [-0.05, 0) is 48.0 Å². The number of hydrogen-bond donors (Lipinski definition) is 1. The van der Waals surface area contributed by atoms with Gasteiger partial charge in [0, 0.05) is 0 Å². The minimum Gasteiger partial charge on any atom is -0.477 e. The zero-order valence-corrected chi connectivity index (χ0v) is 16.3. The second-order valence-corrected chi connectivity index (χ2v) is 6.76. The largest absolute Gasteiger partial charge is 0.477 e. The van der Waals surface area contributed by atoms with Crippen molar-refractivity contribution in [3.63, 3.8) is 0 Å². The van der Waals surface area contributed by atoms with Gasteiger partial charge in [-0.1, -0.05) is 30.3 Å². The molecule has 0 saturated heterocycles. The van der Waals surface area contributed by atoms with Gasteiger partial charge in [0.2, 0.25) is 0 Å². The summed E-state index contributed by atoms with van der Waals surface area (Å²) < 4.78 is 29.8. The zero-order valence-electron chi connectivity index (χ0n) is 16.3. The molecular weight excluding hydrogens is 416 g/mol. The molecule has 0 bridgehead atoms. The second-order valence-electron chi connectivity index (χ2n) is 6.76. The Hall–Kier alpha value is -4.64. The standard InChI is InChI=1S/C24H13F2N3O3/c25-17-10-11-19(22(26)21(17)24(31)32)29-20(12-9-14-5-7-15(13-27)8-6-14)28-18-4-2-1-3-16(18)23(29)30/h1-12H,(H,31,32)/b12-9+. The third-order valence-corrected chi connectivity index (χ3v) is 4.79. The van der Waals surface area contributed by atoms with E-state index >= 15 is 4.39 Å². The van der Waals surface area contributed by atoms with Gasteiger partial charge in [0.1, 0.15) is 17.2 Å². The summed E-state index contributed by atoms with van der Waals surface area (Å²) in [5.41, 5.74) is -0.733. The Bertz CT molecular complexity index is 1500. The van der Waals surface area contributed by atoms with E-state index in [1.54, 1.807) is 48.5 Å². The van der Waals surface area contributed by atoms with Crippen LogP contribution in [0.2, 0.25) is 0 Å². The molecule has 0 fully saturated rings. The number of benzene rings is 3. The highest BCUT2D eigenvalue weighted by atomic mass is 19.1. The zero-order chi connectivity index (χ0) is 22.8. The van der Waals surface area contributed by atoms with Crippen LogP contribution in [0.1, 0.15) is 27.3 Å². The van der Waals surface area contributed by atoms with Crippen LogP contribution in [0.4, 0.5) is 8.78 Å². The summed E-state index contributed by atoms with van der Waals surface area (Å²) in [5.74, 6) is -4.42. The number of carbonyl (C=O) groups is 1. The van der Waals surface area contributed by atoms with Crippen molar-refractivity contribution in [1.82, 2.24) is 9.55 Å². The number of fused-ring (bicyclic) bond motifs is 1. The van der Waals surface area contributed by atoms with Crippen LogP contribution in [0.15, 0.2) is 65.5 Å². The first kappa shape index (κ1) is 20.6. The Labute approximate surface area is 179 Å². The first-order valence-electron chi connectivity index (χ1n) is 9.32. The molecule has 0 aliphatic heterocycles. The maximum absolute atomic E-state index is 15.0. The lowest BCUT2D eigenvalue weighted by atomic mass is 10.1. The number of aromatic carboxylic acids is 1. The third-order valence-electron chi connectivity index (χ3n) is 4.79. The maximum atomic E-state index is 15.0. The van der Waals surface area contributed by atoms with Crippen molar-refractivity contribution in [3.05, 3.63) is 105 Å². The number of nitriles is 1. The van der Waals surface area contributed by atoms with Crippen molar-refractivity contribution < 1.29 is 18.7 Å². The summed E-state index contributed by atoms with van der Waals surface area (Å²) in [7, 11) is 0. The van der Waals surface area contributed by atoms with Crippen molar-refractivity contribution in [2.75, 3.05) is 0 Å². The van der Waals surface area contributed by atoms with Gasteiger partial charge in [-0.25, -0.2) is 18.6 Å². The Morgan fingerprint density at radius 3 is 2.44 bits per heavy atom. The van der Waals surface area contributed by atoms with E-state index in [1.807, 2.05) is 6.07 Å². The van der Waals surface area contributed by atoms with Gasteiger partial charge >= 0.3 is 5.97 Å². The normalized spacial score (nSPS) is 11.0. The van der Waals surface area contributed by atoms with Gasteiger partial charge in [0.05, 0.1) is 28.2 Å². The van der Waals surface area contributed by atoms with Gasteiger partial charge in [-0.15, -0.1) is 0 Å². The second kappa shape index (κ2) is 8.24. The Morgan fingerprint density at radius 2 is 1.75 bits per heavy atom. The number of carboxylic acid groups (broad SMARTS) is 1. The summed E-state index contributed by atoms with van der Waals surface area (Å²) >= 11 is 0. The highest BCUT2D eigenvalue weighted by molar-refractivity contribution is 5.89. The summed E-state index contributed by atoms with van der Waals surface area (Å²) in [6, 6.07) is 16.8. The first-order valence-corrected chi connectivity index (χ1v) is 9.32. The molecule has 32 heavy (non-hydrogen) atoms. The van der Waals surface area contributed by atoms with Gasteiger partial charge in [-0.2, -0.15) is 5.26 Å². The van der Waals surface area contributed by atoms with Crippen LogP contribution in [0, 0.1) is 23.0 Å². The smallest absolute Gasteiger partial charge is 0.341 e. The number of hydrogen-bond acceptors (Lipinski definition) is 4. The van der Waals surface area contributed by atoms with E-state index in [0.29, 0.717) is 16.6 Å². The lowest BCUT2D eigenvalue weighted by Crippen LogP contribution is -2.24. The molecule has 0 aliphatic carbocycles.